The summed E-state index contributed by atoms with van der Waals surface area (Å²) in [5.41, 5.74) is 4.26. The monoisotopic (exact) mass is 537 g/mol. The molecule has 0 spiro atoms. The lowest BCUT2D eigenvalue weighted by atomic mass is 9.96. The topological polar surface area (TPSA) is 65.9 Å². The first-order chi connectivity index (χ1) is 20.8. The van der Waals surface area contributed by atoms with E-state index in [1.165, 1.54) is 26.9 Å². The minimum absolute atomic E-state index is 0.519. The molecule has 0 saturated heterocycles. The van der Waals surface area contributed by atoms with Crippen LogP contribution in [-0.4, -0.2) is 26.9 Å². The van der Waals surface area contributed by atoms with E-state index in [0.29, 0.717) is 23.2 Å². The molecule has 6 aromatic carbocycles. The van der Waals surface area contributed by atoms with Crippen molar-refractivity contribution in [3.63, 3.8) is 0 Å². The van der Waals surface area contributed by atoms with Gasteiger partial charge in [-0.2, -0.15) is 0 Å². The molecular formula is C37H21N4O+. The highest BCUT2D eigenvalue weighted by atomic mass is 16.3. The Hall–Kier alpha value is -5.90. The van der Waals surface area contributed by atoms with E-state index in [-0.39, 0.29) is 0 Å². The summed E-state index contributed by atoms with van der Waals surface area (Å²) in [6.07, 6.45) is 1.75. The SMILES string of the molecule is C1=[N+]=C(c2nc(-c3ccccc3)nc(-c3ccc4c(ccc5c6ccccc6ccc45)c3)n2)c2c1oc1ccccc21. The van der Waals surface area contributed by atoms with Gasteiger partial charge in [0.05, 0.1) is 0 Å². The van der Waals surface area contributed by atoms with Gasteiger partial charge in [0.25, 0.3) is 0 Å². The Balaban J connectivity index is 1.24. The van der Waals surface area contributed by atoms with Gasteiger partial charge in [0.2, 0.25) is 11.6 Å². The van der Waals surface area contributed by atoms with Gasteiger partial charge >= 0.3 is 11.9 Å². The largest absolute Gasteiger partial charge is 0.448 e. The summed E-state index contributed by atoms with van der Waals surface area (Å²) in [7, 11) is 0. The van der Waals surface area contributed by atoms with Gasteiger partial charge in [0.15, 0.2) is 11.6 Å². The average molecular weight is 538 g/mol. The van der Waals surface area contributed by atoms with Crippen molar-refractivity contribution in [1.82, 2.24) is 19.6 Å². The van der Waals surface area contributed by atoms with Gasteiger partial charge < -0.3 is 4.42 Å². The van der Waals surface area contributed by atoms with E-state index in [1.807, 2.05) is 54.6 Å². The minimum atomic E-state index is 0.519. The van der Waals surface area contributed by atoms with Gasteiger partial charge in [-0.25, -0.2) is 15.0 Å². The molecule has 0 fully saturated rings. The summed E-state index contributed by atoms with van der Waals surface area (Å²) in [4.78, 5) is 14.9. The Bertz CT molecular complexity index is 2450. The fraction of sp³-hybridized carbons (Fsp3) is 0. The van der Waals surface area contributed by atoms with Crippen LogP contribution in [-0.2, 0) is 0 Å². The zero-order chi connectivity index (χ0) is 27.6. The number of furan rings is 1. The Morgan fingerprint density at radius 1 is 0.476 bits per heavy atom. The third-order valence-corrected chi connectivity index (χ3v) is 8.05. The number of hydrogen-bond donors (Lipinski definition) is 0. The van der Waals surface area contributed by atoms with Crippen LogP contribution in [0.25, 0.3) is 66.1 Å². The van der Waals surface area contributed by atoms with Crippen LogP contribution in [0, 0.1) is 0 Å². The van der Waals surface area contributed by atoms with Gasteiger partial charge in [-0.15, -0.1) is 0 Å². The van der Waals surface area contributed by atoms with E-state index in [1.54, 1.807) is 6.21 Å². The molecule has 0 aliphatic carbocycles. The molecule has 0 saturated carbocycles. The summed E-state index contributed by atoms with van der Waals surface area (Å²) >= 11 is 0. The summed E-state index contributed by atoms with van der Waals surface area (Å²) in [6, 6.07) is 41.8. The third-order valence-electron chi connectivity index (χ3n) is 8.05. The molecular weight excluding hydrogens is 516 g/mol. The molecule has 1 aliphatic rings. The van der Waals surface area contributed by atoms with Crippen LogP contribution in [0.1, 0.15) is 17.1 Å². The number of nitrogens with zero attached hydrogens (tertiary/aromatic N) is 4. The van der Waals surface area contributed by atoms with Crippen molar-refractivity contribution in [2.75, 3.05) is 0 Å². The molecule has 9 rings (SSSR count). The Labute approximate surface area is 240 Å². The second-order valence-electron chi connectivity index (χ2n) is 10.5. The lowest BCUT2D eigenvalue weighted by Gasteiger charge is -2.10. The van der Waals surface area contributed by atoms with Gasteiger partial charge in [0.1, 0.15) is 11.1 Å². The molecule has 5 nitrogen and oxygen atoms in total. The molecule has 2 aromatic heterocycles. The van der Waals surface area contributed by atoms with Crippen LogP contribution in [0.2, 0.25) is 0 Å². The smallest absolute Gasteiger partial charge is 0.383 e. The Morgan fingerprint density at radius 2 is 1.12 bits per heavy atom. The van der Waals surface area contributed by atoms with Crippen molar-refractivity contribution in [1.29, 1.82) is 0 Å². The van der Waals surface area contributed by atoms with Crippen LogP contribution < -0.4 is 4.67 Å². The molecule has 0 N–H and O–H groups in total. The number of fused-ring (bicyclic) bond motifs is 8. The van der Waals surface area contributed by atoms with Crippen molar-refractivity contribution >= 4 is 55.2 Å². The zero-order valence-electron chi connectivity index (χ0n) is 22.3. The Morgan fingerprint density at radius 3 is 1.98 bits per heavy atom. The van der Waals surface area contributed by atoms with E-state index in [4.69, 9.17) is 24.0 Å². The van der Waals surface area contributed by atoms with Crippen molar-refractivity contribution in [3.8, 4) is 22.8 Å². The highest BCUT2D eigenvalue weighted by molar-refractivity contribution is 6.24. The molecule has 0 bridgehead atoms. The van der Waals surface area contributed by atoms with Gasteiger partial charge in [-0.3, -0.25) is 0 Å². The standard InChI is InChI=1S/C37H21N4O/c1-2-9-23(10-3-1)35-39-36(41-37(40-35)34-33-30-12-6-7-13-31(30)42-32(33)21-38-34)25-16-17-27-24(20-25)15-19-28-26-11-5-4-8-22(26)14-18-29(27)28/h1-21H/q+1. The molecule has 8 aromatic rings. The van der Waals surface area contributed by atoms with Gasteiger partial charge in [-0.05, 0) is 44.5 Å². The second kappa shape index (κ2) is 8.80. The first-order valence-corrected chi connectivity index (χ1v) is 13.9. The minimum Gasteiger partial charge on any atom is -0.448 e. The molecule has 5 heteroatoms. The first kappa shape index (κ1) is 22.9. The summed E-state index contributed by atoms with van der Waals surface area (Å²) in [5, 5.41) is 8.31. The molecule has 0 radical (unpaired) electrons. The normalized spacial score (nSPS) is 12.4. The van der Waals surface area contributed by atoms with E-state index in [0.717, 1.165) is 38.8 Å². The maximum Gasteiger partial charge on any atom is 0.383 e. The predicted octanol–water partition coefficient (Wildman–Crippen LogP) is 7.75. The fourth-order valence-corrected chi connectivity index (χ4v) is 6.05. The fourth-order valence-electron chi connectivity index (χ4n) is 6.05. The summed E-state index contributed by atoms with van der Waals surface area (Å²) in [5.74, 6) is 2.44. The lowest BCUT2D eigenvalue weighted by Crippen LogP contribution is -2.12. The molecule has 0 unspecified atom stereocenters. The van der Waals surface area contributed by atoms with Crippen LogP contribution in [0.15, 0.2) is 126 Å². The molecule has 42 heavy (non-hydrogen) atoms. The maximum absolute atomic E-state index is 6.06. The van der Waals surface area contributed by atoms with Crippen molar-refractivity contribution in [3.05, 3.63) is 138 Å². The molecule has 194 valence electrons. The van der Waals surface area contributed by atoms with E-state index in [9.17, 15) is 0 Å². The van der Waals surface area contributed by atoms with Gasteiger partial charge in [-0.1, -0.05) is 114 Å². The summed E-state index contributed by atoms with van der Waals surface area (Å²) < 4.78 is 10.8. The molecule has 3 heterocycles. The van der Waals surface area contributed by atoms with E-state index in [2.05, 4.69) is 66.7 Å². The van der Waals surface area contributed by atoms with Crippen LogP contribution in [0.4, 0.5) is 0 Å². The molecule has 0 atom stereocenters. The van der Waals surface area contributed by atoms with Gasteiger partial charge in [0, 0.05) is 16.5 Å². The van der Waals surface area contributed by atoms with Crippen molar-refractivity contribution < 1.29 is 4.42 Å². The van der Waals surface area contributed by atoms with Crippen LogP contribution >= 0.6 is 0 Å². The maximum atomic E-state index is 6.06. The Kier molecular flexibility index (Phi) is 4.79. The third kappa shape index (κ3) is 3.45. The number of rotatable bonds is 3. The van der Waals surface area contributed by atoms with E-state index >= 15 is 0 Å². The highest BCUT2D eigenvalue weighted by Crippen LogP contribution is 2.34. The quantitative estimate of drug-likeness (QED) is 0.171. The lowest BCUT2D eigenvalue weighted by molar-refractivity contribution is 0.608. The van der Waals surface area contributed by atoms with Crippen LogP contribution in [0.3, 0.4) is 0 Å². The molecule has 0 amide bonds. The molecule has 1 aliphatic heterocycles. The van der Waals surface area contributed by atoms with Crippen molar-refractivity contribution in [2.24, 2.45) is 0 Å². The van der Waals surface area contributed by atoms with E-state index < -0.39 is 0 Å². The number of hydrogen-bond acceptors (Lipinski definition) is 4. The first-order valence-electron chi connectivity index (χ1n) is 13.9. The average Bonchev–Trinajstić information content (AvgIpc) is 3.64. The number of para-hydroxylation sites is 1. The second-order valence-corrected chi connectivity index (χ2v) is 10.5. The zero-order valence-corrected chi connectivity index (χ0v) is 22.3. The number of benzene rings is 6. The van der Waals surface area contributed by atoms with Crippen LogP contribution in [0.5, 0.6) is 0 Å². The predicted molar refractivity (Wildman–Crippen MR) is 170 cm³/mol. The number of aromatic nitrogens is 3. The highest BCUT2D eigenvalue weighted by Gasteiger charge is 2.35. The summed E-state index contributed by atoms with van der Waals surface area (Å²) in [6.45, 7) is 0. The van der Waals surface area contributed by atoms with Crippen molar-refractivity contribution in [2.45, 2.75) is 0 Å².